The minimum absolute atomic E-state index is 0.0200. The molecule has 1 aliphatic heterocycles. The molecule has 2 amide bonds. The molecule has 0 saturated carbocycles. The Labute approximate surface area is 172 Å². The molecule has 2 aromatic rings. The Hall–Kier alpha value is -3.02. The third kappa shape index (κ3) is 5.28. The summed E-state index contributed by atoms with van der Waals surface area (Å²) in [5.74, 6) is 1.02. The van der Waals surface area contributed by atoms with E-state index in [1.807, 2.05) is 55.5 Å². The number of para-hydroxylation sites is 2. The fourth-order valence-corrected chi connectivity index (χ4v) is 3.46. The van der Waals surface area contributed by atoms with Crippen molar-refractivity contribution in [3.63, 3.8) is 0 Å². The molecule has 0 aromatic heterocycles. The van der Waals surface area contributed by atoms with Gasteiger partial charge in [0.05, 0.1) is 19.6 Å². The standard InChI is InChI=1S/C23H28N2O4/c1-17-8-10-18(11-9-17)15-25-16-19(14-22(25)26)23(27)24(2)12-13-29-21-7-5-4-6-20(21)28-3/h4-11,19H,12-16H2,1-3H3. The van der Waals surface area contributed by atoms with Gasteiger partial charge in [-0.3, -0.25) is 9.59 Å². The van der Waals surface area contributed by atoms with Gasteiger partial charge in [-0.05, 0) is 24.6 Å². The second kappa shape index (κ2) is 9.45. The second-order valence-corrected chi connectivity index (χ2v) is 7.42. The van der Waals surface area contributed by atoms with Crippen molar-refractivity contribution >= 4 is 11.8 Å². The lowest BCUT2D eigenvalue weighted by molar-refractivity contribution is -0.134. The fraction of sp³-hybridized carbons (Fsp3) is 0.391. The Kier molecular flexibility index (Phi) is 6.75. The van der Waals surface area contributed by atoms with E-state index in [2.05, 4.69) is 0 Å². The molecule has 6 nitrogen and oxygen atoms in total. The van der Waals surface area contributed by atoms with Crippen LogP contribution in [0.15, 0.2) is 48.5 Å². The number of amides is 2. The Morgan fingerprint density at radius 1 is 1.14 bits per heavy atom. The number of benzene rings is 2. The molecule has 1 saturated heterocycles. The molecule has 1 atom stereocenters. The highest BCUT2D eigenvalue weighted by Gasteiger charge is 2.35. The maximum atomic E-state index is 12.8. The van der Waals surface area contributed by atoms with E-state index in [0.717, 1.165) is 5.56 Å². The summed E-state index contributed by atoms with van der Waals surface area (Å²) in [6.07, 6.45) is 0.266. The zero-order valence-electron chi connectivity index (χ0n) is 17.3. The fourth-order valence-electron chi connectivity index (χ4n) is 3.46. The number of hydrogen-bond donors (Lipinski definition) is 0. The predicted molar refractivity (Wildman–Crippen MR) is 111 cm³/mol. The summed E-state index contributed by atoms with van der Waals surface area (Å²) < 4.78 is 11.0. The maximum Gasteiger partial charge on any atom is 0.227 e. The SMILES string of the molecule is COc1ccccc1OCCN(C)C(=O)C1CC(=O)N(Cc2ccc(C)cc2)C1. The number of likely N-dealkylation sites (N-methyl/N-ethyl adjacent to an activating group) is 1. The van der Waals surface area contributed by atoms with Gasteiger partial charge in [0, 0.05) is 26.6 Å². The second-order valence-electron chi connectivity index (χ2n) is 7.42. The molecule has 0 radical (unpaired) electrons. The topological polar surface area (TPSA) is 59.1 Å². The molecule has 0 N–H and O–H groups in total. The number of aryl methyl sites for hydroxylation is 1. The molecule has 0 bridgehead atoms. The number of methoxy groups -OCH3 is 1. The average molecular weight is 396 g/mol. The van der Waals surface area contributed by atoms with Crippen LogP contribution in [-0.4, -0.2) is 55.5 Å². The van der Waals surface area contributed by atoms with Crippen LogP contribution >= 0.6 is 0 Å². The molecule has 6 heteroatoms. The van der Waals surface area contributed by atoms with Crippen molar-refractivity contribution in [1.82, 2.24) is 9.80 Å². The largest absolute Gasteiger partial charge is 0.493 e. The third-order valence-corrected chi connectivity index (χ3v) is 5.19. The minimum Gasteiger partial charge on any atom is -0.493 e. The smallest absolute Gasteiger partial charge is 0.227 e. The molecule has 3 rings (SSSR count). The zero-order valence-corrected chi connectivity index (χ0v) is 17.3. The first-order valence-electron chi connectivity index (χ1n) is 9.82. The maximum absolute atomic E-state index is 12.8. The molecule has 1 fully saturated rings. The molecule has 1 unspecified atom stereocenters. The van der Waals surface area contributed by atoms with Gasteiger partial charge >= 0.3 is 0 Å². The van der Waals surface area contributed by atoms with Gasteiger partial charge in [-0.25, -0.2) is 0 Å². The number of rotatable bonds is 8. The third-order valence-electron chi connectivity index (χ3n) is 5.19. The number of likely N-dealkylation sites (tertiary alicyclic amines) is 1. The van der Waals surface area contributed by atoms with Crippen molar-refractivity contribution in [3.05, 3.63) is 59.7 Å². The van der Waals surface area contributed by atoms with Crippen LogP contribution in [0.3, 0.4) is 0 Å². The van der Waals surface area contributed by atoms with Crippen molar-refractivity contribution in [3.8, 4) is 11.5 Å². The highest BCUT2D eigenvalue weighted by molar-refractivity contribution is 5.89. The number of carbonyl (C=O) groups excluding carboxylic acids is 2. The Morgan fingerprint density at radius 3 is 2.52 bits per heavy atom. The molecule has 1 heterocycles. The van der Waals surface area contributed by atoms with E-state index in [-0.39, 0.29) is 24.2 Å². The molecule has 2 aromatic carbocycles. The summed E-state index contributed by atoms with van der Waals surface area (Å²) >= 11 is 0. The molecular formula is C23H28N2O4. The summed E-state index contributed by atoms with van der Waals surface area (Å²) in [6.45, 7) is 3.84. The number of ether oxygens (including phenoxy) is 2. The normalized spacial score (nSPS) is 16.0. The summed E-state index contributed by atoms with van der Waals surface area (Å²) in [5.41, 5.74) is 2.27. The van der Waals surface area contributed by atoms with Gasteiger partial charge in [-0.1, -0.05) is 42.0 Å². The van der Waals surface area contributed by atoms with E-state index in [0.29, 0.717) is 37.7 Å². The van der Waals surface area contributed by atoms with Crippen molar-refractivity contribution < 1.29 is 19.1 Å². The van der Waals surface area contributed by atoms with E-state index < -0.39 is 0 Å². The monoisotopic (exact) mass is 396 g/mol. The van der Waals surface area contributed by atoms with Crippen molar-refractivity contribution in [1.29, 1.82) is 0 Å². The first-order chi connectivity index (χ1) is 14.0. The van der Waals surface area contributed by atoms with Crippen LogP contribution in [0.1, 0.15) is 17.5 Å². The predicted octanol–water partition coefficient (Wildman–Crippen LogP) is 2.89. The van der Waals surface area contributed by atoms with Gasteiger partial charge in [0.25, 0.3) is 0 Å². The summed E-state index contributed by atoms with van der Waals surface area (Å²) in [4.78, 5) is 28.5. The van der Waals surface area contributed by atoms with Gasteiger partial charge < -0.3 is 19.3 Å². The lowest BCUT2D eigenvalue weighted by Gasteiger charge is -2.22. The molecule has 1 aliphatic rings. The van der Waals surface area contributed by atoms with Crippen LogP contribution in [0, 0.1) is 12.8 Å². The number of nitrogens with zero attached hydrogens (tertiary/aromatic N) is 2. The van der Waals surface area contributed by atoms with Crippen molar-refractivity contribution in [2.75, 3.05) is 33.9 Å². The first kappa shape index (κ1) is 20.7. The van der Waals surface area contributed by atoms with Crippen LogP contribution in [0.5, 0.6) is 11.5 Å². The summed E-state index contributed by atoms with van der Waals surface area (Å²) in [5, 5.41) is 0. The van der Waals surface area contributed by atoms with E-state index in [1.165, 1.54) is 5.56 Å². The number of carbonyl (C=O) groups is 2. The number of hydrogen-bond acceptors (Lipinski definition) is 4. The summed E-state index contributed by atoms with van der Waals surface area (Å²) in [7, 11) is 3.35. The van der Waals surface area contributed by atoms with E-state index >= 15 is 0 Å². The van der Waals surface area contributed by atoms with E-state index in [1.54, 1.807) is 24.0 Å². The van der Waals surface area contributed by atoms with Crippen molar-refractivity contribution in [2.45, 2.75) is 19.9 Å². The van der Waals surface area contributed by atoms with Crippen LogP contribution in [0.4, 0.5) is 0 Å². The quantitative estimate of drug-likeness (QED) is 0.688. The Balaban J connectivity index is 1.49. The van der Waals surface area contributed by atoms with Gasteiger partial charge in [-0.2, -0.15) is 0 Å². The molecular weight excluding hydrogens is 368 g/mol. The van der Waals surface area contributed by atoms with Crippen LogP contribution in [0.25, 0.3) is 0 Å². The van der Waals surface area contributed by atoms with Gasteiger partial charge in [0.2, 0.25) is 11.8 Å². The first-order valence-corrected chi connectivity index (χ1v) is 9.82. The van der Waals surface area contributed by atoms with Gasteiger partial charge in [-0.15, -0.1) is 0 Å². The lowest BCUT2D eigenvalue weighted by Crippen LogP contribution is -2.37. The van der Waals surface area contributed by atoms with Crippen LogP contribution < -0.4 is 9.47 Å². The lowest BCUT2D eigenvalue weighted by atomic mass is 10.1. The molecule has 29 heavy (non-hydrogen) atoms. The molecule has 154 valence electrons. The summed E-state index contributed by atoms with van der Waals surface area (Å²) in [6, 6.07) is 15.5. The van der Waals surface area contributed by atoms with E-state index in [9.17, 15) is 9.59 Å². The van der Waals surface area contributed by atoms with Gasteiger partial charge in [0.1, 0.15) is 6.61 Å². The van der Waals surface area contributed by atoms with Crippen LogP contribution in [-0.2, 0) is 16.1 Å². The highest BCUT2D eigenvalue weighted by atomic mass is 16.5. The van der Waals surface area contributed by atoms with E-state index in [4.69, 9.17) is 9.47 Å². The molecule has 0 spiro atoms. The zero-order chi connectivity index (χ0) is 20.8. The Morgan fingerprint density at radius 2 is 1.83 bits per heavy atom. The highest BCUT2D eigenvalue weighted by Crippen LogP contribution is 2.26. The minimum atomic E-state index is -0.302. The van der Waals surface area contributed by atoms with Gasteiger partial charge in [0.15, 0.2) is 11.5 Å². The Bertz CT molecular complexity index is 850. The molecule has 0 aliphatic carbocycles. The van der Waals surface area contributed by atoms with Crippen molar-refractivity contribution in [2.24, 2.45) is 5.92 Å². The average Bonchev–Trinajstić information content (AvgIpc) is 3.09. The van der Waals surface area contributed by atoms with Crippen LogP contribution in [0.2, 0.25) is 0 Å².